The lowest BCUT2D eigenvalue weighted by Crippen LogP contribution is -2.32. The first-order valence-corrected chi connectivity index (χ1v) is 5.32. The number of carboxylic acid groups (broad SMARTS) is 1. The minimum atomic E-state index is -0.962. The van der Waals surface area contributed by atoms with Crippen molar-refractivity contribution < 1.29 is 14.6 Å². The molecule has 86 valence electrons. The van der Waals surface area contributed by atoms with Crippen molar-refractivity contribution in [1.29, 1.82) is 0 Å². The van der Waals surface area contributed by atoms with Gasteiger partial charge in [0.05, 0.1) is 13.2 Å². The molecule has 0 bridgehead atoms. The average molecular weight is 221 g/mol. The lowest BCUT2D eigenvalue weighted by atomic mass is 9.95. The van der Waals surface area contributed by atoms with Gasteiger partial charge in [-0.1, -0.05) is 24.3 Å². The Labute approximate surface area is 94.0 Å². The van der Waals surface area contributed by atoms with Gasteiger partial charge < -0.3 is 15.6 Å². The van der Waals surface area contributed by atoms with Crippen molar-refractivity contribution in [3.8, 4) is 0 Å². The highest BCUT2D eigenvalue weighted by molar-refractivity contribution is 5.73. The molecule has 3 N–H and O–H groups in total. The molecule has 1 unspecified atom stereocenters. The Kier molecular flexibility index (Phi) is 3.22. The van der Waals surface area contributed by atoms with Crippen molar-refractivity contribution in [2.75, 3.05) is 13.2 Å². The molecule has 1 fully saturated rings. The third-order valence-corrected chi connectivity index (χ3v) is 2.86. The van der Waals surface area contributed by atoms with Gasteiger partial charge in [0.1, 0.15) is 6.04 Å². The van der Waals surface area contributed by atoms with Crippen molar-refractivity contribution in [2.45, 2.75) is 18.4 Å². The van der Waals surface area contributed by atoms with Crippen LogP contribution < -0.4 is 5.73 Å². The molecule has 0 saturated carbocycles. The third kappa shape index (κ3) is 2.40. The monoisotopic (exact) mass is 221 g/mol. The summed E-state index contributed by atoms with van der Waals surface area (Å²) in [7, 11) is 0. The van der Waals surface area contributed by atoms with Crippen LogP contribution in [-0.2, 0) is 16.0 Å². The molecular formula is C12H15NO3. The van der Waals surface area contributed by atoms with Gasteiger partial charge in [-0.15, -0.1) is 0 Å². The van der Waals surface area contributed by atoms with E-state index in [4.69, 9.17) is 15.6 Å². The number of hydrogen-bond acceptors (Lipinski definition) is 3. The van der Waals surface area contributed by atoms with E-state index in [9.17, 15) is 4.79 Å². The van der Waals surface area contributed by atoms with E-state index < -0.39 is 12.0 Å². The molecule has 0 aromatic heterocycles. The van der Waals surface area contributed by atoms with Crippen LogP contribution in [0.25, 0.3) is 0 Å². The summed E-state index contributed by atoms with van der Waals surface area (Å²) in [6.07, 6.45) is 0.372. The van der Waals surface area contributed by atoms with E-state index in [2.05, 4.69) is 0 Å². The number of benzene rings is 1. The fourth-order valence-electron chi connectivity index (χ4n) is 1.70. The molecular weight excluding hydrogens is 206 g/mol. The number of nitrogens with two attached hydrogens (primary N) is 1. The molecule has 1 saturated heterocycles. The Morgan fingerprint density at radius 3 is 2.50 bits per heavy atom. The van der Waals surface area contributed by atoms with Crippen molar-refractivity contribution >= 4 is 5.97 Å². The summed E-state index contributed by atoms with van der Waals surface area (Å²) in [4.78, 5) is 10.6. The van der Waals surface area contributed by atoms with Gasteiger partial charge in [0, 0.05) is 5.92 Å². The van der Waals surface area contributed by atoms with Gasteiger partial charge in [0.25, 0.3) is 0 Å². The van der Waals surface area contributed by atoms with E-state index in [-0.39, 0.29) is 0 Å². The molecule has 16 heavy (non-hydrogen) atoms. The summed E-state index contributed by atoms with van der Waals surface area (Å²) < 4.78 is 5.12. The summed E-state index contributed by atoms with van der Waals surface area (Å²) >= 11 is 0. The third-order valence-electron chi connectivity index (χ3n) is 2.86. The first-order valence-electron chi connectivity index (χ1n) is 5.32. The number of hydrogen-bond donors (Lipinski definition) is 2. The molecule has 2 rings (SSSR count). The van der Waals surface area contributed by atoms with E-state index in [1.54, 1.807) is 0 Å². The van der Waals surface area contributed by atoms with Gasteiger partial charge >= 0.3 is 5.97 Å². The zero-order valence-electron chi connectivity index (χ0n) is 8.93. The quantitative estimate of drug-likeness (QED) is 0.787. The fourth-order valence-corrected chi connectivity index (χ4v) is 1.70. The molecule has 4 heteroatoms. The van der Waals surface area contributed by atoms with E-state index in [0.717, 1.165) is 18.8 Å². The van der Waals surface area contributed by atoms with Crippen molar-refractivity contribution in [3.05, 3.63) is 35.4 Å². The number of rotatable bonds is 4. The van der Waals surface area contributed by atoms with Gasteiger partial charge in [-0.05, 0) is 17.5 Å². The number of carbonyl (C=O) groups is 1. The molecule has 1 aliphatic heterocycles. The Morgan fingerprint density at radius 2 is 2.06 bits per heavy atom. The van der Waals surface area contributed by atoms with Crippen LogP contribution in [-0.4, -0.2) is 30.3 Å². The molecule has 4 nitrogen and oxygen atoms in total. The zero-order valence-corrected chi connectivity index (χ0v) is 8.93. The van der Waals surface area contributed by atoms with Gasteiger partial charge in [-0.3, -0.25) is 4.79 Å². The second-order valence-electron chi connectivity index (χ2n) is 4.12. The summed E-state index contributed by atoms with van der Waals surface area (Å²) in [5.74, 6) is -0.460. The van der Waals surface area contributed by atoms with Gasteiger partial charge in [-0.2, -0.15) is 0 Å². The molecule has 1 atom stereocenters. The second-order valence-corrected chi connectivity index (χ2v) is 4.12. The SMILES string of the molecule is NC(Cc1ccc(C2COC2)cc1)C(=O)O. The van der Waals surface area contributed by atoms with Crippen LogP contribution in [0, 0.1) is 0 Å². The van der Waals surface area contributed by atoms with Gasteiger partial charge in [-0.25, -0.2) is 0 Å². The number of carboxylic acids is 1. The van der Waals surface area contributed by atoms with Gasteiger partial charge in [0.2, 0.25) is 0 Å². The highest BCUT2D eigenvalue weighted by atomic mass is 16.5. The summed E-state index contributed by atoms with van der Waals surface area (Å²) in [6.45, 7) is 1.57. The zero-order chi connectivity index (χ0) is 11.5. The molecule has 0 amide bonds. The smallest absolute Gasteiger partial charge is 0.320 e. The summed E-state index contributed by atoms with van der Waals surface area (Å²) in [6, 6.07) is 7.11. The van der Waals surface area contributed by atoms with Crippen molar-refractivity contribution in [3.63, 3.8) is 0 Å². The largest absolute Gasteiger partial charge is 0.480 e. The van der Waals surface area contributed by atoms with Crippen LogP contribution in [0.3, 0.4) is 0 Å². The van der Waals surface area contributed by atoms with Crippen molar-refractivity contribution in [2.24, 2.45) is 5.73 Å². The standard InChI is InChI=1S/C12H15NO3/c13-11(12(14)15)5-8-1-3-9(4-2-8)10-6-16-7-10/h1-4,10-11H,5-7,13H2,(H,14,15). The maximum absolute atomic E-state index is 10.6. The maximum atomic E-state index is 10.6. The van der Waals surface area contributed by atoms with Crippen LogP contribution in [0.1, 0.15) is 17.0 Å². The molecule has 0 spiro atoms. The van der Waals surface area contributed by atoms with Gasteiger partial charge in [0.15, 0.2) is 0 Å². The molecule has 0 radical (unpaired) electrons. The van der Waals surface area contributed by atoms with Crippen LogP contribution in [0.5, 0.6) is 0 Å². The van der Waals surface area contributed by atoms with Crippen LogP contribution in [0.4, 0.5) is 0 Å². The first-order chi connectivity index (χ1) is 7.66. The Morgan fingerprint density at radius 1 is 1.44 bits per heavy atom. The number of ether oxygens (including phenoxy) is 1. The summed E-state index contributed by atoms with van der Waals surface area (Å²) in [5, 5.41) is 8.69. The summed E-state index contributed by atoms with van der Waals surface area (Å²) in [5.41, 5.74) is 7.67. The molecule has 1 aromatic carbocycles. The minimum absolute atomic E-state index is 0.372. The average Bonchev–Trinajstić information content (AvgIpc) is 2.18. The van der Waals surface area contributed by atoms with Crippen LogP contribution in [0.2, 0.25) is 0 Å². The van der Waals surface area contributed by atoms with Crippen LogP contribution in [0.15, 0.2) is 24.3 Å². The lowest BCUT2D eigenvalue weighted by molar-refractivity contribution is -0.138. The molecule has 1 heterocycles. The van der Waals surface area contributed by atoms with Crippen molar-refractivity contribution in [1.82, 2.24) is 0 Å². The predicted molar refractivity (Wildman–Crippen MR) is 59.3 cm³/mol. The van der Waals surface area contributed by atoms with Crippen LogP contribution >= 0.6 is 0 Å². The maximum Gasteiger partial charge on any atom is 0.320 e. The highest BCUT2D eigenvalue weighted by Crippen LogP contribution is 2.24. The van der Waals surface area contributed by atoms with E-state index in [1.165, 1.54) is 5.56 Å². The fraction of sp³-hybridized carbons (Fsp3) is 0.417. The Bertz CT molecular complexity index is 370. The normalized spacial score (nSPS) is 17.8. The second kappa shape index (κ2) is 4.63. The Hall–Kier alpha value is -1.39. The minimum Gasteiger partial charge on any atom is -0.480 e. The molecule has 1 aliphatic rings. The van der Waals surface area contributed by atoms with E-state index in [1.807, 2.05) is 24.3 Å². The molecule has 0 aliphatic carbocycles. The predicted octanol–water partition coefficient (Wildman–Crippen LogP) is 0.755. The van der Waals surface area contributed by atoms with E-state index >= 15 is 0 Å². The Balaban J connectivity index is 1.98. The highest BCUT2D eigenvalue weighted by Gasteiger charge is 2.20. The molecule has 1 aromatic rings. The first kappa shape index (κ1) is 11.1. The topological polar surface area (TPSA) is 72.5 Å². The van der Waals surface area contributed by atoms with E-state index in [0.29, 0.717) is 12.3 Å². The lowest BCUT2D eigenvalue weighted by Gasteiger charge is -2.26. The number of aliphatic carboxylic acids is 1.